The van der Waals surface area contributed by atoms with Gasteiger partial charge in [0.05, 0.1) is 5.56 Å². The van der Waals surface area contributed by atoms with Gasteiger partial charge >= 0.3 is 6.18 Å². The number of hydrogen-bond donors (Lipinski definition) is 1. The summed E-state index contributed by atoms with van der Waals surface area (Å²) in [5, 5.41) is 10.00. The van der Waals surface area contributed by atoms with Gasteiger partial charge in [0.15, 0.2) is 0 Å². The minimum absolute atomic E-state index is 0.137. The van der Waals surface area contributed by atoms with Crippen LogP contribution >= 0.6 is 11.8 Å². The molecule has 4 aromatic rings. The molecule has 0 amide bonds. The maximum absolute atomic E-state index is 12.9. The average Bonchev–Trinajstić information content (AvgIpc) is 2.81. The van der Waals surface area contributed by atoms with Crippen molar-refractivity contribution in [3.63, 3.8) is 0 Å². The maximum Gasteiger partial charge on any atom is 0.416 e. The van der Waals surface area contributed by atoms with Crippen molar-refractivity contribution in [2.24, 2.45) is 0 Å². The van der Waals surface area contributed by atoms with E-state index in [1.165, 1.54) is 17.7 Å². The number of phenols is 1. The molecule has 0 bridgehead atoms. The Morgan fingerprint density at radius 3 is 1.97 bits per heavy atom. The number of alkyl halides is 3. The smallest absolute Gasteiger partial charge is 0.416 e. The second-order valence-electron chi connectivity index (χ2n) is 7.94. The quantitative estimate of drug-likeness (QED) is 0.289. The molecule has 1 atom stereocenters. The van der Waals surface area contributed by atoms with Gasteiger partial charge in [-0.2, -0.15) is 13.2 Å². The third-order valence-electron chi connectivity index (χ3n) is 5.54. The molecule has 0 aromatic heterocycles. The van der Waals surface area contributed by atoms with Crippen LogP contribution in [0.3, 0.4) is 0 Å². The first kappa shape index (κ1) is 23.0. The van der Waals surface area contributed by atoms with Gasteiger partial charge in [-0.3, -0.25) is 0 Å². The number of aryl methyl sites for hydroxylation is 1. The van der Waals surface area contributed by atoms with Crippen LogP contribution in [0.4, 0.5) is 13.2 Å². The fraction of sp³-hybridized carbons (Fsp3) is 0.143. The predicted molar refractivity (Wildman–Crippen MR) is 128 cm³/mol. The van der Waals surface area contributed by atoms with Crippen LogP contribution in [0.25, 0.3) is 11.1 Å². The highest BCUT2D eigenvalue weighted by molar-refractivity contribution is 7.99. The SMILES string of the molecule is Cc1cc(SC(Cc2ccccc2)c2ccc(-c3ccc(C(F)(F)F)cc3)cc2)ccc1O. The fourth-order valence-corrected chi connectivity index (χ4v) is 4.95. The van der Waals surface area contributed by atoms with Crippen LogP contribution in [0.5, 0.6) is 5.75 Å². The van der Waals surface area contributed by atoms with E-state index in [9.17, 15) is 18.3 Å². The number of phenolic OH excluding ortho intramolecular Hbond substituents is 1. The van der Waals surface area contributed by atoms with E-state index in [1.807, 2.05) is 61.5 Å². The molecular weight excluding hydrogens is 441 g/mol. The molecule has 0 heterocycles. The van der Waals surface area contributed by atoms with E-state index in [1.54, 1.807) is 17.8 Å². The van der Waals surface area contributed by atoms with E-state index in [0.717, 1.165) is 45.7 Å². The van der Waals surface area contributed by atoms with Gasteiger partial charge in [-0.05, 0) is 71.5 Å². The first-order chi connectivity index (χ1) is 15.8. The van der Waals surface area contributed by atoms with Crippen LogP contribution in [0.1, 0.15) is 27.5 Å². The molecule has 0 aliphatic carbocycles. The lowest BCUT2D eigenvalue weighted by atomic mass is 9.99. The van der Waals surface area contributed by atoms with Gasteiger partial charge in [0.25, 0.3) is 0 Å². The standard InChI is InChI=1S/C28H23F3OS/c1-19-17-25(15-16-26(19)32)33-27(18-20-5-3-2-4-6-20)23-9-7-21(8-10-23)22-11-13-24(14-12-22)28(29,30)31/h2-17,27,32H,18H2,1H3. The van der Waals surface area contributed by atoms with Crippen molar-refractivity contribution in [3.05, 3.63) is 119 Å². The van der Waals surface area contributed by atoms with Crippen molar-refractivity contribution in [3.8, 4) is 16.9 Å². The average molecular weight is 465 g/mol. The Hall–Kier alpha value is -3.18. The highest BCUT2D eigenvalue weighted by Gasteiger charge is 2.30. The van der Waals surface area contributed by atoms with Crippen LogP contribution in [-0.2, 0) is 12.6 Å². The van der Waals surface area contributed by atoms with E-state index >= 15 is 0 Å². The predicted octanol–water partition coefficient (Wildman–Crippen LogP) is 8.46. The summed E-state index contributed by atoms with van der Waals surface area (Å²) in [6.45, 7) is 1.88. The molecule has 33 heavy (non-hydrogen) atoms. The van der Waals surface area contributed by atoms with Gasteiger partial charge < -0.3 is 5.11 Å². The molecule has 1 nitrogen and oxygen atoms in total. The molecule has 168 valence electrons. The number of halogens is 3. The fourth-order valence-electron chi connectivity index (χ4n) is 3.66. The molecule has 0 spiro atoms. The Morgan fingerprint density at radius 2 is 1.39 bits per heavy atom. The summed E-state index contributed by atoms with van der Waals surface area (Å²) < 4.78 is 38.6. The van der Waals surface area contributed by atoms with Gasteiger partial charge in [0.2, 0.25) is 0 Å². The van der Waals surface area contributed by atoms with Gasteiger partial charge in [-0.1, -0.05) is 66.7 Å². The molecule has 4 aromatic carbocycles. The number of aromatic hydroxyl groups is 1. The molecule has 1 N–H and O–H groups in total. The molecule has 0 radical (unpaired) electrons. The number of benzene rings is 4. The molecule has 0 aliphatic heterocycles. The van der Waals surface area contributed by atoms with E-state index < -0.39 is 11.7 Å². The van der Waals surface area contributed by atoms with E-state index in [-0.39, 0.29) is 11.0 Å². The largest absolute Gasteiger partial charge is 0.508 e. The Morgan fingerprint density at radius 1 is 0.788 bits per heavy atom. The Kier molecular flexibility index (Phi) is 6.80. The third kappa shape index (κ3) is 5.79. The molecule has 5 heteroatoms. The zero-order valence-corrected chi connectivity index (χ0v) is 18.8. The van der Waals surface area contributed by atoms with Crippen LogP contribution in [0, 0.1) is 6.92 Å². The summed E-state index contributed by atoms with van der Waals surface area (Å²) in [5.41, 5.74) is 4.15. The van der Waals surface area contributed by atoms with Crippen molar-refractivity contribution in [2.45, 2.75) is 29.7 Å². The summed E-state index contributed by atoms with van der Waals surface area (Å²) in [6, 6.07) is 29.1. The number of rotatable bonds is 6. The van der Waals surface area contributed by atoms with Crippen molar-refractivity contribution in [1.82, 2.24) is 0 Å². The number of thioether (sulfide) groups is 1. The lowest BCUT2D eigenvalue weighted by molar-refractivity contribution is -0.137. The Balaban J connectivity index is 1.60. The summed E-state index contributed by atoms with van der Waals surface area (Å²) in [7, 11) is 0. The highest BCUT2D eigenvalue weighted by Crippen LogP contribution is 2.40. The first-order valence-electron chi connectivity index (χ1n) is 10.6. The van der Waals surface area contributed by atoms with Crippen molar-refractivity contribution in [1.29, 1.82) is 0 Å². The van der Waals surface area contributed by atoms with Gasteiger partial charge in [-0.25, -0.2) is 0 Å². The van der Waals surface area contributed by atoms with Crippen LogP contribution in [0.15, 0.2) is 102 Å². The van der Waals surface area contributed by atoms with Gasteiger partial charge in [-0.15, -0.1) is 11.8 Å². The maximum atomic E-state index is 12.9. The first-order valence-corrected chi connectivity index (χ1v) is 11.5. The van der Waals surface area contributed by atoms with Crippen molar-refractivity contribution in [2.75, 3.05) is 0 Å². The summed E-state index contributed by atoms with van der Waals surface area (Å²) in [6.07, 6.45) is -3.51. The molecular formula is C28H23F3OS. The second kappa shape index (κ2) is 9.75. The Bertz CT molecular complexity index is 1200. The second-order valence-corrected chi connectivity index (χ2v) is 9.22. The zero-order valence-electron chi connectivity index (χ0n) is 18.0. The van der Waals surface area contributed by atoms with E-state index in [0.29, 0.717) is 0 Å². The molecule has 1 unspecified atom stereocenters. The van der Waals surface area contributed by atoms with Crippen LogP contribution in [-0.4, -0.2) is 5.11 Å². The molecule has 0 saturated carbocycles. The number of hydrogen-bond acceptors (Lipinski definition) is 2. The summed E-state index contributed by atoms with van der Waals surface area (Å²) >= 11 is 1.73. The zero-order chi connectivity index (χ0) is 23.4. The monoisotopic (exact) mass is 464 g/mol. The van der Waals surface area contributed by atoms with Crippen molar-refractivity contribution >= 4 is 11.8 Å². The van der Waals surface area contributed by atoms with Crippen LogP contribution in [0.2, 0.25) is 0 Å². The lowest BCUT2D eigenvalue weighted by Crippen LogP contribution is -2.04. The summed E-state index contributed by atoms with van der Waals surface area (Å²) in [4.78, 5) is 1.07. The van der Waals surface area contributed by atoms with Gasteiger partial charge in [0, 0.05) is 10.1 Å². The Labute approximate surface area is 195 Å². The molecule has 0 saturated heterocycles. The van der Waals surface area contributed by atoms with Crippen LogP contribution < -0.4 is 0 Å². The highest BCUT2D eigenvalue weighted by atomic mass is 32.2. The minimum atomic E-state index is -4.34. The van der Waals surface area contributed by atoms with E-state index in [2.05, 4.69) is 12.1 Å². The minimum Gasteiger partial charge on any atom is -0.508 e. The lowest BCUT2D eigenvalue weighted by Gasteiger charge is -2.18. The topological polar surface area (TPSA) is 20.2 Å². The van der Waals surface area contributed by atoms with E-state index in [4.69, 9.17) is 0 Å². The normalized spacial score (nSPS) is 12.5. The summed E-state index contributed by atoms with van der Waals surface area (Å²) in [5.74, 6) is 0.278. The molecule has 0 aliphatic rings. The molecule has 4 rings (SSSR count). The van der Waals surface area contributed by atoms with Crippen molar-refractivity contribution < 1.29 is 18.3 Å². The van der Waals surface area contributed by atoms with Gasteiger partial charge in [0.1, 0.15) is 5.75 Å². The molecule has 0 fully saturated rings. The third-order valence-corrected chi connectivity index (χ3v) is 6.79.